The molecule has 2 amide bonds. The lowest BCUT2D eigenvalue weighted by Gasteiger charge is -2.26. The first-order valence-electron chi connectivity index (χ1n) is 13.0. The lowest BCUT2D eigenvalue weighted by atomic mass is 10.1. The Hall–Kier alpha value is -2.50. The molecule has 1 fully saturated rings. The Bertz CT molecular complexity index is 1050. The number of benzene rings is 1. The van der Waals surface area contributed by atoms with Gasteiger partial charge in [-0.05, 0) is 57.3 Å². The third kappa shape index (κ3) is 8.56. The normalized spacial score (nSPS) is 15.3. The van der Waals surface area contributed by atoms with E-state index in [9.17, 15) is 13.2 Å². The number of piperidine rings is 1. The van der Waals surface area contributed by atoms with Crippen molar-refractivity contribution in [3.05, 3.63) is 47.5 Å². The highest BCUT2D eigenvalue weighted by atomic mass is 32.2. The molecule has 10 nitrogen and oxygen atoms in total. The fraction of sp³-hybridized carbons (Fsp3) is 0.640. The van der Waals surface area contributed by atoms with Gasteiger partial charge in [-0.25, -0.2) is 22.9 Å². The molecule has 3 rings (SSSR count). The summed E-state index contributed by atoms with van der Waals surface area (Å²) in [6, 6.07) is 9.00. The SMILES string of the molecule is CCN(CC)CCCS(=O)(=O)N[C@H](Cc1ccccc1)c1nc(CNC(=O)N2CCCCC2)n(C)n1. The van der Waals surface area contributed by atoms with Crippen LogP contribution < -0.4 is 10.0 Å². The van der Waals surface area contributed by atoms with Gasteiger partial charge in [0.2, 0.25) is 10.0 Å². The molecule has 1 aliphatic rings. The summed E-state index contributed by atoms with van der Waals surface area (Å²) in [5, 5.41) is 7.45. The van der Waals surface area contributed by atoms with Crippen LogP contribution in [-0.2, 0) is 30.0 Å². The molecular formula is C25H41N7O3S. The molecule has 2 heterocycles. The number of hydrogen-bond donors (Lipinski definition) is 2. The third-order valence-electron chi connectivity index (χ3n) is 6.61. The van der Waals surface area contributed by atoms with E-state index < -0.39 is 16.1 Å². The Labute approximate surface area is 215 Å². The minimum absolute atomic E-state index is 0.0420. The number of nitrogens with one attached hydrogen (secondary N) is 2. The van der Waals surface area contributed by atoms with Gasteiger partial charge in [0.25, 0.3) is 0 Å². The van der Waals surface area contributed by atoms with Crippen molar-refractivity contribution in [3.63, 3.8) is 0 Å². The van der Waals surface area contributed by atoms with Gasteiger partial charge in [0, 0.05) is 20.1 Å². The van der Waals surface area contributed by atoms with E-state index in [1.165, 1.54) is 0 Å². The molecule has 36 heavy (non-hydrogen) atoms. The first-order valence-corrected chi connectivity index (χ1v) is 14.7. The Morgan fingerprint density at radius 3 is 2.47 bits per heavy atom. The number of carbonyl (C=O) groups is 1. The molecule has 1 atom stereocenters. The van der Waals surface area contributed by atoms with Crippen LogP contribution in [0.4, 0.5) is 4.79 Å². The highest BCUT2D eigenvalue weighted by Crippen LogP contribution is 2.18. The van der Waals surface area contributed by atoms with Crippen LogP contribution in [-0.4, -0.2) is 77.5 Å². The number of nitrogens with zero attached hydrogens (tertiary/aromatic N) is 5. The van der Waals surface area contributed by atoms with Gasteiger partial charge in [0.1, 0.15) is 5.82 Å². The quantitative estimate of drug-likeness (QED) is 0.420. The number of aryl methyl sites for hydroxylation is 1. The molecule has 1 aromatic heterocycles. The van der Waals surface area contributed by atoms with Gasteiger partial charge in [-0.1, -0.05) is 44.2 Å². The topological polar surface area (TPSA) is 112 Å². The van der Waals surface area contributed by atoms with Crippen LogP contribution in [0.15, 0.2) is 30.3 Å². The molecular weight excluding hydrogens is 478 g/mol. The van der Waals surface area contributed by atoms with Crippen LogP contribution in [0.1, 0.15) is 62.8 Å². The molecule has 0 saturated carbocycles. The first kappa shape index (κ1) is 28.1. The standard InChI is InChI=1S/C25H41N7O3S/c1-4-31(5-2)15-12-18-36(34,35)29-22(19-21-13-8-6-9-14-21)24-27-23(30(3)28-24)20-26-25(33)32-16-10-7-11-17-32/h6,8-9,13-14,22,29H,4-5,7,10-12,15-20H2,1-3H3,(H,26,33)/t22-/m1/s1. The van der Waals surface area contributed by atoms with Crippen LogP contribution in [0.5, 0.6) is 0 Å². The first-order chi connectivity index (χ1) is 17.3. The van der Waals surface area contributed by atoms with Crippen molar-refractivity contribution in [2.75, 3.05) is 38.5 Å². The molecule has 11 heteroatoms. The van der Waals surface area contributed by atoms with E-state index in [0.717, 1.165) is 57.5 Å². The molecule has 1 aromatic carbocycles. The Morgan fingerprint density at radius 1 is 1.11 bits per heavy atom. The van der Waals surface area contributed by atoms with Crippen molar-refractivity contribution >= 4 is 16.1 Å². The van der Waals surface area contributed by atoms with Crippen LogP contribution in [0.25, 0.3) is 0 Å². The predicted molar refractivity (Wildman–Crippen MR) is 141 cm³/mol. The van der Waals surface area contributed by atoms with Crippen LogP contribution >= 0.6 is 0 Å². The third-order valence-corrected chi connectivity index (χ3v) is 8.08. The number of carbonyl (C=O) groups excluding carboxylic acids is 1. The van der Waals surface area contributed by atoms with Crippen LogP contribution in [0.2, 0.25) is 0 Å². The Balaban J connectivity index is 1.69. The highest BCUT2D eigenvalue weighted by molar-refractivity contribution is 7.89. The molecule has 1 aliphatic heterocycles. The van der Waals surface area contributed by atoms with Gasteiger partial charge in [0.15, 0.2) is 5.82 Å². The van der Waals surface area contributed by atoms with Crippen LogP contribution in [0, 0.1) is 0 Å². The molecule has 200 valence electrons. The van der Waals surface area contributed by atoms with Gasteiger partial charge >= 0.3 is 6.03 Å². The lowest BCUT2D eigenvalue weighted by molar-refractivity contribution is 0.185. The summed E-state index contributed by atoms with van der Waals surface area (Å²) in [5.41, 5.74) is 0.987. The van der Waals surface area contributed by atoms with Crippen molar-refractivity contribution in [2.45, 2.75) is 58.5 Å². The number of rotatable bonds is 13. The fourth-order valence-corrected chi connectivity index (χ4v) is 5.68. The van der Waals surface area contributed by atoms with Gasteiger partial charge < -0.3 is 15.1 Å². The lowest BCUT2D eigenvalue weighted by Crippen LogP contribution is -2.42. The van der Waals surface area contributed by atoms with E-state index in [0.29, 0.717) is 24.5 Å². The second-order valence-corrected chi connectivity index (χ2v) is 11.1. The maximum atomic E-state index is 13.0. The molecule has 0 bridgehead atoms. The summed E-state index contributed by atoms with van der Waals surface area (Å²) in [6.07, 6.45) is 4.19. The van der Waals surface area contributed by atoms with Crippen molar-refractivity contribution in [1.82, 2.24) is 34.6 Å². The summed E-state index contributed by atoms with van der Waals surface area (Å²) in [6.45, 7) is 8.45. The smallest absolute Gasteiger partial charge is 0.317 e. The minimum Gasteiger partial charge on any atom is -0.331 e. The number of likely N-dealkylation sites (tertiary alicyclic amines) is 1. The maximum Gasteiger partial charge on any atom is 0.317 e. The molecule has 1 saturated heterocycles. The number of aromatic nitrogens is 3. The molecule has 0 spiro atoms. The van der Waals surface area contributed by atoms with Gasteiger partial charge in [-0.3, -0.25) is 4.68 Å². The van der Waals surface area contributed by atoms with Crippen molar-refractivity contribution in [2.24, 2.45) is 7.05 Å². The average Bonchev–Trinajstić information content (AvgIpc) is 3.26. The summed E-state index contributed by atoms with van der Waals surface area (Å²) in [5.74, 6) is 1.02. The van der Waals surface area contributed by atoms with E-state index in [4.69, 9.17) is 0 Å². The van der Waals surface area contributed by atoms with Gasteiger partial charge in [-0.2, -0.15) is 5.10 Å². The summed E-state index contributed by atoms with van der Waals surface area (Å²) >= 11 is 0. The summed E-state index contributed by atoms with van der Waals surface area (Å²) < 4.78 is 30.4. The highest BCUT2D eigenvalue weighted by Gasteiger charge is 2.25. The zero-order valence-corrected chi connectivity index (χ0v) is 22.6. The summed E-state index contributed by atoms with van der Waals surface area (Å²) in [4.78, 5) is 21.2. The average molecular weight is 520 g/mol. The Morgan fingerprint density at radius 2 is 1.81 bits per heavy atom. The number of sulfonamides is 1. The summed E-state index contributed by atoms with van der Waals surface area (Å²) in [7, 11) is -1.79. The monoisotopic (exact) mass is 519 g/mol. The second kappa shape index (κ2) is 13.7. The second-order valence-electron chi connectivity index (χ2n) is 9.28. The largest absolute Gasteiger partial charge is 0.331 e. The predicted octanol–water partition coefficient (Wildman–Crippen LogP) is 2.45. The van der Waals surface area contributed by atoms with Crippen molar-refractivity contribution < 1.29 is 13.2 Å². The number of amides is 2. The van der Waals surface area contributed by atoms with E-state index in [2.05, 4.69) is 38.9 Å². The molecule has 2 aromatic rings. The van der Waals surface area contributed by atoms with Gasteiger partial charge in [-0.15, -0.1) is 0 Å². The Kier molecular flexibility index (Phi) is 10.7. The van der Waals surface area contributed by atoms with E-state index in [-0.39, 0.29) is 18.3 Å². The van der Waals surface area contributed by atoms with Crippen molar-refractivity contribution in [3.8, 4) is 0 Å². The van der Waals surface area contributed by atoms with Crippen LogP contribution in [0.3, 0.4) is 0 Å². The maximum absolute atomic E-state index is 13.0. The zero-order valence-electron chi connectivity index (χ0n) is 21.8. The number of urea groups is 1. The molecule has 0 radical (unpaired) electrons. The fourth-order valence-electron chi connectivity index (χ4n) is 4.43. The number of hydrogen-bond acceptors (Lipinski definition) is 6. The van der Waals surface area contributed by atoms with Crippen molar-refractivity contribution in [1.29, 1.82) is 0 Å². The molecule has 2 N–H and O–H groups in total. The molecule has 0 unspecified atom stereocenters. The zero-order chi connectivity index (χ0) is 26.0. The van der Waals surface area contributed by atoms with Gasteiger partial charge in [0.05, 0.1) is 18.3 Å². The molecule has 0 aliphatic carbocycles. The minimum atomic E-state index is -3.55. The van der Waals surface area contributed by atoms with E-state index >= 15 is 0 Å². The van der Waals surface area contributed by atoms with E-state index in [1.807, 2.05) is 35.2 Å². The van der Waals surface area contributed by atoms with E-state index in [1.54, 1.807) is 11.7 Å².